The van der Waals surface area contributed by atoms with Gasteiger partial charge in [-0.1, -0.05) is 42.5 Å². The molecular formula is C28H28N4O3. The molecule has 1 atom stereocenters. The smallest absolute Gasteiger partial charge is 0.335 e. The lowest BCUT2D eigenvalue weighted by atomic mass is 10.0. The number of aromatic carboxylic acids is 1. The van der Waals surface area contributed by atoms with Crippen LogP contribution in [0.25, 0.3) is 22.9 Å². The second-order valence-corrected chi connectivity index (χ2v) is 8.21. The first-order valence-corrected chi connectivity index (χ1v) is 11.3. The summed E-state index contributed by atoms with van der Waals surface area (Å²) in [6.07, 6.45) is 5.66. The van der Waals surface area contributed by atoms with Crippen LogP contribution in [0.15, 0.2) is 85.1 Å². The zero-order valence-electron chi connectivity index (χ0n) is 19.4. The van der Waals surface area contributed by atoms with Crippen LogP contribution < -0.4 is 11.1 Å². The molecule has 0 amide bonds. The van der Waals surface area contributed by atoms with E-state index in [0.29, 0.717) is 6.42 Å². The number of aromatic nitrogens is 2. The molecule has 0 spiro atoms. The number of carbonyl (C=O) groups is 1. The average molecular weight is 469 g/mol. The fraction of sp³-hybridized carbons (Fsp3) is 0.143. The second-order valence-electron chi connectivity index (χ2n) is 8.21. The summed E-state index contributed by atoms with van der Waals surface area (Å²) >= 11 is 0. The third-order valence-electron chi connectivity index (χ3n) is 5.55. The van der Waals surface area contributed by atoms with E-state index in [1.165, 1.54) is 0 Å². The van der Waals surface area contributed by atoms with Crippen LogP contribution in [0.4, 0.5) is 5.69 Å². The van der Waals surface area contributed by atoms with Gasteiger partial charge in [0.15, 0.2) is 0 Å². The number of carboxylic acid groups (broad SMARTS) is 1. The fourth-order valence-electron chi connectivity index (χ4n) is 3.83. The highest BCUT2D eigenvalue weighted by atomic mass is 16.4. The number of hydrogen-bond donors (Lipinski definition) is 4. The Balaban J connectivity index is 1.57. The fourth-order valence-corrected chi connectivity index (χ4v) is 3.83. The Morgan fingerprint density at radius 1 is 1.09 bits per heavy atom. The lowest BCUT2D eigenvalue weighted by Gasteiger charge is -2.11. The number of nitrogens with one attached hydrogen (secondary N) is 1. The largest absolute Gasteiger partial charge is 0.478 e. The van der Waals surface area contributed by atoms with Gasteiger partial charge in [0.2, 0.25) is 0 Å². The number of benzene rings is 3. The number of allylic oxidation sites excluding steroid dienone is 1. The molecule has 4 rings (SSSR count). The van der Waals surface area contributed by atoms with E-state index in [1.54, 1.807) is 18.2 Å². The van der Waals surface area contributed by atoms with Gasteiger partial charge >= 0.3 is 5.97 Å². The molecule has 35 heavy (non-hydrogen) atoms. The third kappa shape index (κ3) is 6.03. The molecule has 0 saturated carbocycles. The summed E-state index contributed by atoms with van der Waals surface area (Å²) in [6.45, 7) is 2.24. The molecule has 4 aromatic rings. The SMILES string of the molecule is C/C=C/c1cn(-c2ccc(NCC(N)O)cc2)c(Cc2ccc(-c3cccc(C(=O)O)c3)cc2)n1. The van der Waals surface area contributed by atoms with Crippen molar-refractivity contribution in [2.45, 2.75) is 19.6 Å². The van der Waals surface area contributed by atoms with Gasteiger partial charge in [-0.15, -0.1) is 0 Å². The maximum Gasteiger partial charge on any atom is 0.335 e. The van der Waals surface area contributed by atoms with Crippen molar-refractivity contribution in [3.63, 3.8) is 0 Å². The minimum Gasteiger partial charge on any atom is -0.478 e. The van der Waals surface area contributed by atoms with Gasteiger partial charge in [0.25, 0.3) is 0 Å². The topological polar surface area (TPSA) is 113 Å². The lowest BCUT2D eigenvalue weighted by molar-refractivity contribution is 0.0697. The highest BCUT2D eigenvalue weighted by Crippen LogP contribution is 2.23. The summed E-state index contributed by atoms with van der Waals surface area (Å²) in [6, 6.07) is 22.9. The molecule has 1 unspecified atom stereocenters. The van der Waals surface area contributed by atoms with Gasteiger partial charge in [0.1, 0.15) is 12.1 Å². The van der Waals surface area contributed by atoms with Crippen LogP contribution >= 0.6 is 0 Å². The third-order valence-corrected chi connectivity index (χ3v) is 5.55. The van der Waals surface area contributed by atoms with Crippen molar-refractivity contribution in [1.82, 2.24) is 9.55 Å². The number of aliphatic hydroxyl groups is 1. The number of imidazole rings is 1. The average Bonchev–Trinajstić information content (AvgIpc) is 3.26. The molecule has 0 aliphatic carbocycles. The predicted molar refractivity (Wildman–Crippen MR) is 139 cm³/mol. The Morgan fingerprint density at radius 3 is 2.49 bits per heavy atom. The Kier molecular flexibility index (Phi) is 7.40. The maximum absolute atomic E-state index is 11.3. The minimum absolute atomic E-state index is 0.269. The molecule has 0 saturated heterocycles. The van der Waals surface area contributed by atoms with Crippen LogP contribution in [0.1, 0.15) is 34.4 Å². The van der Waals surface area contributed by atoms with Crippen LogP contribution in [0.2, 0.25) is 0 Å². The minimum atomic E-state index is -0.937. The number of aliphatic hydroxyl groups excluding tert-OH is 1. The van der Waals surface area contributed by atoms with E-state index < -0.39 is 12.2 Å². The van der Waals surface area contributed by atoms with Gasteiger partial charge in [-0.25, -0.2) is 9.78 Å². The Bertz CT molecular complexity index is 1320. The predicted octanol–water partition coefficient (Wildman–Crippen LogP) is 4.55. The summed E-state index contributed by atoms with van der Waals surface area (Å²) in [5.74, 6) is -0.0372. The second kappa shape index (κ2) is 10.8. The molecule has 0 bridgehead atoms. The Morgan fingerprint density at radius 2 is 1.83 bits per heavy atom. The number of nitrogens with zero attached hydrogens (tertiary/aromatic N) is 2. The quantitative estimate of drug-likeness (QED) is 0.268. The summed E-state index contributed by atoms with van der Waals surface area (Å²) in [4.78, 5) is 16.1. The zero-order valence-corrected chi connectivity index (χ0v) is 19.4. The van der Waals surface area contributed by atoms with Crippen molar-refractivity contribution < 1.29 is 15.0 Å². The van der Waals surface area contributed by atoms with E-state index in [0.717, 1.165) is 39.6 Å². The number of rotatable bonds is 9. The summed E-state index contributed by atoms with van der Waals surface area (Å²) < 4.78 is 2.07. The van der Waals surface area contributed by atoms with Crippen molar-refractivity contribution in [2.24, 2.45) is 5.73 Å². The first kappa shape index (κ1) is 23.9. The maximum atomic E-state index is 11.3. The van der Waals surface area contributed by atoms with Gasteiger partial charge in [0.05, 0.1) is 17.8 Å². The van der Waals surface area contributed by atoms with E-state index in [4.69, 9.17) is 10.7 Å². The number of nitrogens with two attached hydrogens (primary N) is 1. The summed E-state index contributed by atoms with van der Waals surface area (Å²) in [5, 5.41) is 21.6. The van der Waals surface area contributed by atoms with Crippen molar-refractivity contribution in [3.05, 3.63) is 108 Å². The van der Waals surface area contributed by atoms with Crippen molar-refractivity contribution in [2.75, 3.05) is 11.9 Å². The number of hydrogen-bond acceptors (Lipinski definition) is 5. The van der Waals surface area contributed by atoms with E-state index >= 15 is 0 Å². The van der Waals surface area contributed by atoms with Crippen LogP contribution in [0.5, 0.6) is 0 Å². The van der Waals surface area contributed by atoms with E-state index in [1.807, 2.05) is 79.9 Å². The molecule has 7 nitrogen and oxygen atoms in total. The van der Waals surface area contributed by atoms with Crippen LogP contribution in [-0.2, 0) is 6.42 Å². The first-order valence-electron chi connectivity index (χ1n) is 11.3. The highest BCUT2D eigenvalue weighted by molar-refractivity contribution is 5.89. The van der Waals surface area contributed by atoms with Crippen LogP contribution in [0.3, 0.4) is 0 Å². The highest BCUT2D eigenvalue weighted by Gasteiger charge is 2.11. The monoisotopic (exact) mass is 468 g/mol. The Labute approximate surface area is 204 Å². The summed E-state index contributed by atoms with van der Waals surface area (Å²) in [7, 11) is 0. The molecule has 1 heterocycles. The first-order chi connectivity index (χ1) is 16.9. The molecule has 3 aromatic carbocycles. The van der Waals surface area contributed by atoms with Crippen LogP contribution in [-0.4, -0.2) is 38.5 Å². The molecule has 1 aromatic heterocycles. The Hall–Kier alpha value is -4.20. The van der Waals surface area contributed by atoms with E-state index in [9.17, 15) is 15.0 Å². The van der Waals surface area contributed by atoms with Gasteiger partial charge in [-0.3, -0.25) is 0 Å². The van der Waals surface area contributed by atoms with E-state index in [-0.39, 0.29) is 12.1 Å². The lowest BCUT2D eigenvalue weighted by Crippen LogP contribution is -2.28. The van der Waals surface area contributed by atoms with Crippen molar-refractivity contribution in [1.29, 1.82) is 0 Å². The zero-order chi connectivity index (χ0) is 24.8. The molecule has 178 valence electrons. The number of carboxylic acids is 1. The van der Waals surface area contributed by atoms with E-state index in [2.05, 4.69) is 9.88 Å². The van der Waals surface area contributed by atoms with Crippen molar-refractivity contribution >= 4 is 17.7 Å². The van der Waals surface area contributed by atoms with Gasteiger partial charge in [0, 0.05) is 24.0 Å². The standard InChI is InChI=1S/C28H28N4O3/c1-2-4-24-18-32(25-13-11-23(12-14-25)30-17-26(29)33)27(31-24)15-19-7-9-20(10-8-19)21-5-3-6-22(16-21)28(34)35/h2-14,16,18,26,30,33H,15,17,29H2,1H3,(H,34,35)/b4-2+. The molecule has 7 heteroatoms. The molecular weight excluding hydrogens is 440 g/mol. The van der Waals surface area contributed by atoms with Gasteiger partial charge < -0.3 is 25.8 Å². The molecule has 5 N–H and O–H groups in total. The molecule has 0 radical (unpaired) electrons. The van der Waals surface area contributed by atoms with Crippen molar-refractivity contribution in [3.8, 4) is 16.8 Å². The molecule has 0 aliphatic rings. The molecule has 0 aliphatic heterocycles. The van der Waals surface area contributed by atoms with Gasteiger partial charge in [-0.05, 0) is 66.1 Å². The van der Waals surface area contributed by atoms with Gasteiger partial charge in [-0.2, -0.15) is 0 Å². The normalized spacial score (nSPS) is 12.1. The summed E-state index contributed by atoms with van der Waals surface area (Å²) in [5.41, 5.74) is 11.3. The number of anilines is 1. The molecule has 0 fully saturated rings. The van der Waals surface area contributed by atoms with Crippen LogP contribution in [0, 0.1) is 0 Å².